The predicted octanol–water partition coefficient (Wildman–Crippen LogP) is 8.99. The van der Waals surface area contributed by atoms with Crippen molar-refractivity contribution in [3.63, 3.8) is 0 Å². The maximum Gasteiger partial charge on any atom is 0.267 e. The van der Waals surface area contributed by atoms with Crippen LogP contribution >= 0.6 is 27.7 Å². The second-order valence-electron chi connectivity index (χ2n) is 9.69. The van der Waals surface area contributed by atoms with Crippen LogP contribution in [0.1, 0.15) is 16.7 Å². The highest BCUT2D eigenvalue weighted by atomic mass is 79.9. The van der Waals surface area contributed by atoms with E-state index in [-0.39, 0.29) is 5.91 Å². The van der Waals surface area contributed by atoms with Crippen LogP contribution in [0.25, 0.3) is 16.8 Å². The van der Waals surface area contributed by atoms with E-state index in [0.717, 1.165) is 43.4 Å². The van der Waals surface area contributed by atoms with Gasteiger partial charge >= 0.3 is 0 Å². The van der Waals surface area contributed by atoms with Crippen molar-refractivity contribution in [3.8, 4) is 11.5 Å². The molecule has 0 atom stereocenters. The van der Waals surface area contributed by atoms with Crippen LogP contribution in [0.4, 0.5) is 5.69 Å². The molecule has 1 aliphatic heterocycles. The Balaban J connectivity index is 1.38. The molecule has 0 aliphatic carbocycles. The number of amidine groups is 1. The van der Waals surface area contributed by atoms with Crippen molar-refractivity contribution in [1.29, 1.82) is 0 Å². The Morgan fingerprint density at radius 2 is 1.55 bits per heavy atom. The van der Waals surface area contributed by atoms with Gasteiger partial charge < -0.3 is 9.47 Å². The summed E-state index contributed by atoms with van der Waals surface area (Å²) in [6, 6.07) is 37.7. The van der Waals surface area contributed by atoms with E-state index in [9.17, 15) is 4.79 Å². The Kier molecular flexibility index (Phi) is 8.40. The van der Waals surface area contributed by atoms with Gasteiger partial charge in [-0.05, 0) is 82.2 Å². The number of ether oxygens (including phenoxy) is 2. The van der Waals surface area contributed by atoms with Crippen LogP contribution in [0, 0.1) is 0 Å². The smallest absolute Gasteiger partial charge is 0.267 e. The maximum atomic E-state index is 14.0. The SMILES string of the molecule is COc1ccc(CN2C(=O)/C(=C/c3c(OCc4ccc(Br)cc4)ccc4ccccc34)SC2=Nc2ccccc2)cc1. The molecule has 0 aromatic heterocycles. The molecule has 0 N–H and O–H groups in total. The summed E-state index contributed by atoms with van der Waals surface area (Å²) >= 11 is 4.87. The lowest BCUT2D eigenvalue weighted by Gasteiger charge is -2.16. The molecule has 208 valence electrons. The van der Waals surface area contributed by atoms with Gasteiger partial charge in [-0.3, -0.25) is 9.69 Å². The van der Waals surface area contributed by atoms with Crippen LogP contribution in [0.5, 0.6) is 11.5 Å². The zero-order valence-electron chi connectivity index (χ0n) is 22.9. The molecular weight excluding hydrogens is 608 g/mol. The van der Waals surface area contributed by atoms with Crippen molar-refractivity contribution >= 4 is 61.3 Å². The van der Waals surface area contributed by atoms with Crippen LogP contribution in [-0.2, 0) is 17.9 Å². The molecule has 7 heteroatoms. The number of methoxy groups -OCH3 is 1. The third-order valence-electron chi connectivity index (χ3n) is 6.88. The molecular formula is C35H27BrN2O3S. The second kappa shape index (κ2) is 12.7. The van der Waals surface area contributed by atoms with Gasteiger partial charge in [0.2, 0.25) is 0 Å². The first-order chi connectivity index (χ1) is 20.6. The van der Waals surface area contributed by atoms with Crippen molar-refractivity contribution in [2.45, 2.75) is 13.2 Å². The molecule has 5 nitrogen and oxygen atoms in total. The first kappa shape index (κ1) is 27.8. The molecule has 0 radical (unpaired) electrons. The summed E-state index contributed by atoms with van der Waals surface area (Å²) in [6.45, 7) is 0.800. The highest BCUT2D eigenvalue weighted by Gasteiger charge is 2.34. The number of para-hydroxylation sites is 1. The van der Waals surface area contributed by atoms with Gasteiger partial charge in [-0.1, -0.05) is 88.7 Å². The molecule has 1 aliphatic rings. The summed E-state index contributed by atoms with van der Waals surface area (Å²) < 4.78 is 12.7. The molecule has 5 aromatic rings. The fraction of sp³-hybridized carbons (Fsp3) is 0.0857. The predicted molar refractivity (Wildman–Crippen MR) is 175 cm³/mol. The number of carbonyl (C=O) groups is 1. The van der Waals surface area contributed by atoms with Gasteiger partial charge in [0.15, 0.2) is 5.17 Å². The van der Waals surface area contributed by atoms with Crippen LogP contribution in [0.2, 0.25) is 0 Å². The molecule has 1 amide bonds. The number of halogens is 1. The van der Waals surface area contributed by atoms with E-state index in [1.54, 1.807) is 12.0 Å². The first-order valence-electron chi connectivity index (χ1n) is 13.4. The summed E-state index contributed by atoms with van der Waals surface area (Å²) in [4.78, 5) is 21.2. The minimum Gasteiger partial charge on any atom is -0.497 e. The monoisotopic (exact) mass is 634 g/mol. The number of hydrogen-bond donors (Lipinski definition) is 0. The third kappa shape index (κ3) is 6.27. The number of hydrogen-bond acceptors (Lipinski definition) is 5. The third-order valence-corrected chi connectivity index (χ3v) is 8.42. The van der Waals surface area contributed by atoms with E-state index in [1.807, 2.05) is 103 Å². The van der Waals surface area contributed by atoms with Gasteiger partial charge in [0.05, 0.1) is 24.2 Å². The number of carbonyl (C=O) groups excluding carboxylic acids is 1. The normalized spacial score (nSPS) is 15.1. The second-order valence-corrected chi connectivity index (χ2v) is 11.6. The average Bonchev–Trinajstić information content (AvgIpc) is 3.31. The Morgan fingerprint density at radius 1 is 0.833 bits per heavy atom. The summed E-state index contributed by atoms with van der Waals surface area (Å²) in [5, 5.41) is 2.72. The van der Waals surface area contributed by atoms with E-state index in [2.05, 4.69) is 34.1 Å². The van der Waals surface area contributed by atoms with Crippen molar-refractivity contribution in [2.75, 3.05) is 7.11 Å². The largest absolute Gasteiger partial charge is 0.497 e. The van der Waals surface area contributed by atoms with Crippen molar-refractivity contribution < 1.29 is 14.3 Å². The minimum absolute atomic E-state index is 0.0997. The number of fused-ring (bicyclic) bond motifs is 1. The van der Waals surface area contributed by atoms with Crippen LogP contribution in [0.3, 0.4) is 0 Å². The van der Waals surface area contributed by atoms with Gasteiger partial charge in [-0.25, -0.2) is 4.99 Å². The Morgan fingerprint density at radius 3 is 2.31 bits per heavy atom. The van der Waals surface area contributed by atoms with Crippen molar-refractivity contribution in [2.24, 2.45) is 4.99 Å². The number of rotatable bonds is 8. The lowest BCUT2D eigenvalue weighted by atomic mass is 10.0. The maximum absolute atomic E-state index is 14.0. The number of amides is 1. The molecule has 6 rings (SSSR count). The average molecular weight is 636 g/mol. The number of thioether (sulfide) groups is 1. The van der Waals surface area contributed by atoms with Crippen LogP contribution in [-0.4, -0.2) is 23.1 Å². The molecule has 0 bridgehead atoms. The van der Waals surface area contributed by atoms with Gasteiger partial charge in [-0.15, -0.1) is 0 Å². The highest BCUT2D eigenvalue weighted by Crippen LogP contribution is 2.39. The number of benzene rings is 5. The zero-order valence-corrected chi connectivity index (χ0v) is 25.3. The number of aliphatic imine (C=N–C) groups is 1. The summed E-state index contributed by atoms with van der Waals surface area (Å²) in [7, 11) is 1.64. The van der Waals surface area contributed by atoms with Crippen molar-refractivity contribution in [3.05, 3.63) is 141 Å². The molecule has 1 heterocycles. The van der Waals surface area contributed by atoms with E-state index in [4.69, 9.17) is 14.5 Å². The molecule has 5 aromatic carbocycles. The van der Waals surface area contributed by atoms with Crippen LogP contribution in [0.15, 0.2) is 130 Å². The van der Waals surface area contributed by atoms with E-state index < -0.39 is 0 Å². The molecule has 0 saturated carbocycles. The van der Waals surface area contributed by atoms with Gasteiger partial charge in [0, 0.05) is 10.0 Å². The first-order valence-corrected chi connectivity index (χ1v) is 15.1. The van der Waals surface area contributed by atoms with E-state index in [0.29, 0.717) is 29.0 Å². The lowest BCUT2D eigenvalue weighted by molar-refractivity contribution is -0.122. The van der Waals surface area contributed by atoms with Crippen LogP contribution < -0.4 is 9.47 Å². The fourth-order valence-electron chi connectivity index (χ4n) is 4.68. The molecule has 1 fully saturated rings. The molecule has 0 unspecified atom stereocenters. The Labute approximate surface area is 257 Å². The Bertz CT molecular complexity index is 1790. The molecule has 0 spiro atoms. The Hall–Kier alpha value is -4.33. The topological polar surface area (TPSA) is 51.1 Å². The molecule has 42 heavy (non-hydrogen) atoms. The minimum atomic E-state index is -0.0997. The fourth-order valence-corrected chi connectivity index (χ4v) is 5.92. The van der Waals surface area contributed by atoms with E-state index in [1.165, 1.54) is 11.8 Å². The number of nitrogens with zero attached hydrogens (tertiary/aromatic N) is 2. The highest BCUT2D eigenvalue weighted by molar-refractivity contribution is 9.10. The van der Waals surface area contributed by atoms with Crippen molar-refractivity contribution in [1.82, 2.24) is 4.90 Å². The summed E-state index contributed by atoms with van der Waals surface area (Å²) in [5.74, 6) is 1.39. The zero-order chi connectivity index (χ0) is 28.9. The summed E-state index contributed by atoms with van der Waals surface area (Å²) in [6.07, 6.45) is 1.95. The quantitative estimate of drug-likeness (QED) is 0.160. The summed E-state index contributed by atoms with van der Waals surface area (Å²) in [5.41, 5.74) is 3.69. The lowest BCUT2D eigenvalue weighted by Crippen LogP contribution is -2.28. The van der Waals surface area contributed by atoms with E-state index >= 15 is 0 Å². The van der Waals surface area contributed by atoms with Gasteiger partial charge in [0.1, 0.15) is 18.1 Å². The molecule has 1 saturated heterocycles. The van der Waals surface area contributed by atoms with Gasteiger partial charge in [-0.2, -0.15) is 0 Å². The van der Waals surface area contributed by atoms with Gasteiger partial charge in [0.25, 0.3) is 5.91 Å². The standard InChI is InChI=1S/C35H27BrN2O3S/c1-40-29-18-13-24(14-19-29)22-38-34(39)33(42-35(38)37-28-8-3-2-4-9-28)21-31-30-10-6-5-7-26(30)15-20-32(31)41-23-25-11-16-27(36)17-12-25/h2-21H,22-23H2,1H3/b33-21-,37-35?.